The minimum absolute atomic E-state index is 0.715. The molecule has 0 aliphatic heterocycles. The summed E-state index contributed by atoms with van der Waals surface area (Å²) in [5.41, 5.74) is 2.52. The topological polar surface area (TPSA) is 67.3 Å². The third kappa shape index (κ3) is 4.09. The van der Waals surface area contributed by atoms with Crippen LogP contribution in [0, 0.1) is 0 Å². The maximum Gasteiger partial charge on any atom is 0.261 e. The summed E-state index contributed by atoms with van der Waals surface area (Å²) in [6.07, 6.45) is 5.44. The molecule has 2 aromatic rings. The Labute approximate surface area is 106 Å². The predicted molar refractivity (Wildman–Crippen MR) is 71.2 cm³/mol. The van der Waals surface area contributed by atoms with Gasteiger partial charge in [-0.2, -0.15) is 8.42 Å². The first-order chi connectivity index (χ1) is 8.43. The van der Waals surface area contributed by atoms with Gasteiger partial charge in [0.1, 0.15) is 0 Å². The van der Waals surface area contributed by atoms with E-state index in [0.717, 1.165) is 11.4 Å². The van der Waals surface area contributed by atoms with Gasteiger partial charge < -0.3 is 0 Å². The molecule has 0 saturated heterocycles. The Balaban J connectivity index is 0.000000209. The molecule has 1 N–H and O–H groups in total. The second-order valence-electron chi connectivity index (χ2n) is 4.47. The highest BCUT2D eigenvalue weighted by molar-refractivity contribution is 7.85. The number of para-hydroxylation sites is 1. The lowest BCUT2D eigenvalue weighted by molar-refractivity contribution is 0.490. The number of benzene rings is 1. The third-order valence-corrected chi connectivity index (χ3v) is 2.66. The first-order valence-corrected chi connectivity index (χ1v) is 7.55. The van der Waals surface area contributed by atoms with Crippen molar-refractivity contribution < 1.29 is 13.0 Å². The van der Waals surface area contributed by atoms with Crippen LogP contribution in [0.1, 0.15) is 24.3 Å². The van der Waals surface area contributed by atoms with Crippen LogP contribution in [0.25, 0.3) is 10.9 Å². The first-order valence-electron chi connectivity index (χ1n) is 5.70. The Hall–Kier alpha value is -1.46. The minimum Gasteiger partial charge on any atom is -0.286 e. The van der Waals surface area contributed by atoms with Crippen molar-refractivity contribution in [1.82, 2.24) is 4.98 Å². The normalized spacial score (nSPS) is 15.0. The van der Waals surface area contributed by atoms with Gasteiger partial charge >= 0.3 is 0 Å². The van der Waals surface area contributed by atoms with Crippen molar-refractivity contribution >= 4 is 21.0 Å². The fraction of sp³-hybridized carbons (Fsp3) is 0.308. The first kappa shape index (κ1) is 13.0. The Bertz CT molecular complexity index is 640. The fourth-order valence-corrected chi connectivity index (χ4v) is 1.73. The van der Waals surface area contributed by atoms with Crippen molar-refractivity contribution in [3.05, 3.63) is 42.1 Å². The van der Waals surface area contributed by atoms with E-state index in [2.05, 4.69) is 29.2 Å². The number of hydrogen-bond donors (Lipinski definition) is 1. The van der Waals surface area contributed by atoms with Gasteiger partial charge in [-0.15, -0.1) is 0 Å². The SMILES string of the molecule is CS(=O)(=O)O.c1ccc2ncc(C3CC3)cc2c1. The maximum absolute atomic E-state index is 9.19. The van der Waals surface area contributed by atoms with Crippen LogP contribution < -0.4 is 0 Å². The van der Waals surface area contributed by atoms with E-state index in [9.17, 15) is 8.42 Å². The molecule has 1 heterocycles. The Morgan fingerprint density at radius 2 is 1.89 bits per heavy atom. The summed E-state index contributed by atoms with van der Waals surface area (Å²) in [5, 5.41) is 1.27. The second kappa shape index (κ2) is 5.04. The number of rotatable bonds is 1. The molecule has 3 rings (SSSR count). The van der Waals surface area contributed by atoms with E-state index >= 15 is 0 Å². The van der Waals surface area contributed by atoms with Gasteiger partial charge in [0.25, 0.3) is 10.1 Å². The molecule has 0 unspecified atom stereocenters. The van der Waals surface area contributed by atoms with E-state index in [-0.39, 0.29) is 0 Å². The highest BCUT2D eigenvalue weighted by atomic mass is 32.2. The van der Waals surface area contributed by atoms with Crippen molar-refractivity contribution in [3.63, 3.8) is 0 Å². The number of pyridine rings is 1. The van der Waals surface area contributed by atoms with Crippen molar-refractivity contribution in [2.45, 2.75) is 18.8 Å². The summed E-state index contributed by atoms with van der Waals surface area (Å²) in [4.78, 5) is 4.44. The van der Waals surface area contributed by atoms with Gasteiger partial charge in [-0.25, -0.2) is 0 Å². The fourth-order valence-electron chi connectivity index (χ4n) is 1.73. The van der Waals surface area contributed by atoms with Gasteiger partial charge in [-0.05, 0) is 36.5 Å². The monoisotopic (exact) mass is 265 g/mol. The van der Waals surface area contributed by atoms with E-state index in [0.29, 0.717) is 6.26 Å². The van der Waals surface area contributed by atoms with Gasteiger partial charge in [0, 0.05) is 11.6 Å². The van der Waals surface area contributed by atoms with Crippen molar-refractivity contribution in [2.24, 2.45) is 0 Å². The van der Waals surface area contributed by atoms with Crippen LogP contribution in [-0.4, -0.2) is 24.2 Å². The van der Waals surface area contributed by atoms with Crippen molar-refractivity contribution in [3.8, 4) is 0 Å². The Morgan fingerprint density at radius 1 is 1.28 bits per heavy atom. The lowest BCUT2D eigenvalue weighted by atomic mass is 10.1. The summed E-state index contributed by atoms with van der Waals surface area (Å²) in [6.45, 7) is 0. The molecule has 0 bridgehead atoms. The summed E-state index contributed by atoms with van der Waals surface area (Å²) in [6, 6.07) is 10.6. The van der Waals surface area contributed by atoms with Gasteiger partial charge in [0.15, 0.2) is 0 Å². The lowest BCUT2D eigenvalue weighted by Gasteiger charge is -1.99. The summed E-state index contributed by atoms with van der Waals surface area (Å²) >= 11 is 0. The van der Waals surface area contributed by atoms with Crippen molar-refractivity contribution in [2.75, 3.05) is 6.26 Å². The van der Waals surface area contributed by atoms with Crippen molar-refractivity contribution in [1.29, 1.82) is 0 Å². The van der Waals surface area contributed by atoms with Crippen LogP contribution >= 0.6 is 0 Å². The molecule has 4 nitrogen and oxygen atoms in total. The summed E-state index contributed by atoms with van der Waals surface area (Å²) in [7, 11) is -3.67. The van der Waals surface area contributed by atoms with Gasteiger partial charge in [0.05, 0.1) is 11.8 Å². The van der Waals surface area contributed by atoms with E-state index in [1.54, 1.807) is 0 Å². The molecular weight excluding hydrogens is 250 g/mol. The van der Waals surface area contributed by atoms with Crippen LogP contribution in [0.3, 0.4) is 0 Å². The molecule has 96 valence electrons. The largest absolute Gasteiger partial charge is 0.286 e. The predicted octanol–water partition coefficient (Wildman–Crippen LogP) is 2.62. The average Bonchev–Trinajstić information content (AvgIpc) is 3.10. The molecule has 0 amide bonds. The zero-order valence-electron chi connectivity index (χ0n) is 10.1. The molecule has 1 aliphatic rings. The standard InChI is InChI=1S/C12H11N.CH4O3S/c1-2-4-12-10(3-1)7-11(8-13-12)9-5-6-9;1-5(2,3)4/h1-4,7-9H,5-6H2;1H3,(H,2,3,4). The quantitative estimate of drug-likeness (QED) is 0.805. The molecule has 5 heteroatoms. The average molecular weight is 265 g/mol. The van der Waals surface area contributed by atoms with Crippen LogP contribution in [0.2, 0.25) is 0 Å². The zero-order chi connectivity index (χ0) is 13.2. The smallest absolute Gasteiger partial charge is 0.261 e. The molecule has 1 aromatic heterocycles. The summed E-state index contributed by atoms with van der Waals surface area (Å²) in [5.74, 6) is 0.803. The van der Waals surface area contributed by atoms with E-state index < -0.39 is 10.1 Å². The minimum atomic E-state index is -3.67. The van der Waals surface area contributed by atoms with E-state index in [4.69, 9.17) is 4.55 Å². The summed E-state index contributed by atoms with van der Waals surface area (Å²) < 4.78 is 25.9. The molecule has 18 heavy (non-hydrogen) atoms. The maximum atomic E-state index is 9.19. The Morgan fingerprint density at radius 3 is 2.50 bits per heavy atom. The van der Waals surface area contributed by atoms with Gasteiger partial charge in [-0.1, -0.05) is 18.2 Å². The zero-order valence-corrected chi connectivity index (χ0v) is 10.9. The molecule has 0 radical (unpaired) electrons. The molecule has 1 fully saturated rings. The number of fused-ring (bicyclic) bond motifs is 1. The van der Waals surface area contributed by atoms with Crippen LogP contribution in [0.15, 0.2) is 36.5 Å². The molecule has 0 spiro atoms. The highest BCUT2D eigenvalue weighted by Crippen LogP contribution is 2.40. The highest BCUT2D eigenvalue weighted by Gasteiger charge is 2.23. The molecule has 1 aliphatic carbocycles. The molecule has 1 saturated carbocycles. The molecule has 1 aromatic carbocycles. The van der Waals surface area contributed by atoms with Crippen LogP contribution in [0.4, 0.5) is 0 Å². The Kier molecular flexibility index (Phi) is 3.63. The third-order valence-electron chi connectivity index (χ3n) is 2.66. The van der Waals surface area contributed by atoms with Gasteiger partial charge in [0.2, 0.25) is 0 Å². The van der Waals surface area contributed by atoms with Crippen LogP contribution in [-0.2, 0) is 10.1 Å². The number of hydrogen-bond acceptors (Lipinski definition) is 3. The number of aromatic nitrogens is 1. The van der Waals surface area contributed by atoms with Crippen LogP contribution in [0.5, 0.6) is 0 Å². The molecular formula is C13H15NO3S. The van der Waals surface area contributed by atoms with E-state index in [1.807, 2.05) is 12.3 Å². The van der Waals surface area contributed by atoms with E-state index in [1.165, 1.54) is 23.8 Å². The molecule has 0 atom stereocenters. The number of nitrogens with zero attached hydrogens (tertiary/aromatic N) is 1. The van der Waals surface area contributed by atoms with Gasteiger partial charge in [-0.3, -0.25) is 9.54 Å². The second-order valence-corrected chi connectivity index (χ2v) is 5.93. The lowest BCUT2D eigenvalue weighted by Crippen LogP contribution is -1.88.